The van der Waals surface area contributed by atoms with Crippen molar-refractivity contribution in [2.45, 2.75) is 37.9 Å². The van der Waals surface area contributed by atoms with E-state index < -0.39 is 12.1 Å². The summed E-state index contributed by atoms with van der Waals surface area (Å²) in [6.07, 6.45) is 1.33. The second-order valence-electron chi connectivity index (χ2n) is 8.62. The number of carbonyl (C=O) groups is 2. The van der Waals surface area contributed by atoms with Crippen LogP contribution >= 0.6 is 0 Å². The summed E-state index contributed by atoms with van der Waals surface area (Å²) in [5.41, 5.74) is 2.25. The van der Waals surface area contributed by atoms with Gasteiger partial charge in [-0.15, -0.1) is 0 Å². The van der Waals surface area contributed by atoms with Gasteiger partial charge < -0.3 is 19.3 Å². The highest BCUT2D eigenvalue weighted by Crippen LogP contribution is 2.28. The van der Waals surface area contributed by atoms with E-state index in [1.165, 1.54) is 25.9 Å². The molecule has 1 amide bonds. The van der Waals surface area contributed by atoms with Gasteiger partial charge in [0.15, 0.2) is 5.76 Å². The van der Waals surface area contributed by atoms with Gasteiger partial charge in [0, 0.05) is 24.5 Å². The number of benzene rings is 1. The summed E-state index contributed by atoms with van der Waals surface area (Å²) in [6.45, 7) is 4.10. The zero-order valence-corrected chi connectivity index (χ0v) is 19.0. The van der Waals surface area contributed by atoms with E-state index in [1.54, 1.807) is 6.26 Å². The summed E-state index contributed by atoms with van der Waals surface area (Å²) in [7, 11) is 0. The van der Waals surface area contributed by atoms with E-state index in [9.17, 15) is 18.0 Å². The number of furan rings is 1. The molecule has 0 saturated carbocycles. The number of aliphatic carboxylic acids is 1. The number of rotatable bonds is 3. The van der Waals surface area contributed by atoms with Crippen LogP contribution in [0.1, 0.15) is 36.0 Å². The van der Waals surface area contributed by atoms with Crippen LogP contribution in [-0.4, -0.2) is 70.2 Å². The second-order valence-corrected chi connectivity index (χ2v) is 8.62. The number of halogens is 3. The number of amides is 1. The minimum absolute atomic E-state index is 0.103. The Morgan fingerprint density at radius 3 is 2.26 bits per heavy atom. The lowest BCUT2D eigenvalue weighted by molar-refractivity contribution is -0.192. The topological polar surface area (TPSA) is 86.9 Å². The third-order valence-electron chi connectivity index (χ3n) is 6.37. The fourth-order valence-corrected chi connectivity index (χ4v) is 4.61. The smallest absolute Gasteiger partial charge is 0.475 e. The molecule has 0 atom stereocenters. The fourth-order valence-electron chi connectivity index (χ4n) is 4.61. The summed E-state index contributed by atoms with van der Waals surface area (Å²) >= 11 is 0. The first-order valence-corrected chi connectivity index (χ1v) is 11.5. The lowest BCUT2D eigenvalue weighted by Crippen LogP contribution is -2.45. The molecule has 1 N–H and O–H groups in total. The van der Waals surface area contributed by atoms with Gasteiger partial charge in [0.25, 0.3) is 5.91 Å². The van der Waals surface area contributed by atoms with Crippen molar-refractivity contribution < 1.29 is 32.3 Å². The molecule has 5 rings (SSSR count). The Hall–Kier alpha value is -3.40. The number of hydrogen-bond acceptors (Lipinski definition) is 5. The van der Waals surface area contributed by atoms with Gasteiger partial charge in [-0.1, -0.05) is 18.2 Å². The summed E-state index contributed by atoms with van der Waals surface area (Å²) in [4.78, 5) is 31.6. The molecule has 0 bridgehead atoms. The number of likely N-dealkylation sites (tertiary alicyclic amines) is 2. The molecule has 2 aliphatic rings. The van der Waals surface area contributed by atoms with Crippen LogP contribution < -0.4 is 0 Å². The van der Waals surface area contributed by atoms with Crippen LogP contribution in [0.25, 0.3) is 22.4 Å². The van der Waals surface area contributed by atoms with Gasteiger partial charge in [-0.25, -0.2) is 9.78 Å². The lowest BCUT2D eigenvalue weighted by atomic mass is 10.0. The van der Waals surface area contributed by atoms with Crippen molar-refractivity contribution in [2.75, 3.05) is 26.2 Å². The summed E-state index contributed by atoms with van der Waals surface area (Å²) < 4.78 is 37.3. The fraction of sp³-hybridized carbons (Fsp3) is 0.400. The van der Waals surface area contributed by atoms with Crippen LogP contribution in [0.4, 0.5) is 13.2 Å². The molecule has 0 radical (unpaired) electrons. The number of alkyl halides is 3. The molecule has 0 aliphatic carbocycles. The average Bonchev–Trinajstić information content (AvgIpc) is 3.58. The van der Waals surface area contributed by atoms with Gasteiger partial charge in [0.05, 0.1) is 17.3 Å². The van der Waals surface area contributed by atoms with E-state index in [1.807, 2.05) is 47.4 Å². The van der Waals surface area contributed by atoms with Crippen molar-refractivity contribution in [3.8, 4) is 11.5 Å². The number of para-hydroxylation sites is 1. The number of nitrogens with zero attached hydrogens (tertiary/aromatic N) is 3. The monoisotopic (exact) mass is 489 g/mol. The van der Waals surface area contributed by atoms with Crippen molar-refractivity contribution in [2.24, 2.45) is 0 Å². The van der Waals surface area contributed by atoms with Crippen molar-refractivity contribution in [3.05, 3.63) is 54.3 Å². The minimum atomic E-state index is -5.08. The number of carboxylic acids is 1. The number of carbonyl (C=O) groups excluding carboxylic acids is 1. The van der Waals surface area contributed by atoms with E-state index >= 15 is 0 Å². The molecule has 1 aromatic carbocycles. The molecule has 7 nitrogen and oxygen atoms in total. The van der Waals surface area contributed by atoms with Gasteiger partial charge in [-0.05, 0) is 63.0 Å². The molecule has 186 valence electrons. The average molecular weight is 489 g/mol. The molecular weight excluding hydrogens is 463 g/mol. The third-order valence-corrected chi connectivity index (χ3v) is 6.37. The zero-order valence-electron chi connectivity index (χ0n) is 19.0. The maximum atomic E-state index is 13.4. The third kappa shape index (κ3) is 5.82. The molecule has 0 unspecified atom stereocenters. The molecule has 2 aromatic heterocycles. The molecular formula is C25H26F3N3O4. The number of fused-ring (bicyclic) bond motifs is 1. The first kappa shape index (κ1) is 24.7. The van der Waals surface area contributed by atoms with Gasteiger partial charge >= 0.3 is 12.1 Å². The summed E-state index contributed by atoms with van der Waals surface area (Å²) in [6, 6.07) is 14.1. The first-order valence-electron chi connectivity index (χ1n) is 11.5. The second kappa shape index (κ2) is 10.5. The van der Waals surface area contributed by atoms with Gasteiger partial charge in [-0.2, -0.15) is 13.2 Å². The summed E-state index contributed by atoms with van der Waals surface area (Å²) in [5.74, 6) is -1.97. The quantitative estimate of drug-likeness (QED) is 0.567. The Morgan fingerprint density at radius 1 is 1.00 bits per heavy atom. The number of piperidine rings is 1. The minimum Gasteiger partial charge on any atom is -0.475 e. The Bertz CT molecular complexity index is 1170. The number of carboxylic acid groups (broad SMARTS) is 1. The van der Waals surface area contributed by atoms with E-state index in [0.29, 0.717) is 17.5 Å². The van der Waals surface area contributed by atoms with E-state index in [0.717, 1.165) is 42.4 Å². The molecule has 35 heavy (non-hydrogen) atoms. The Kier molecular flexibility index (Phi) is 7.39. The van der Waals surface area contributed by atoms with Gasteiger partial charge in [0.2, 0.25) is 0 Å². The van der Waals surface area contributed by atoms with Crippen LogP contribution in [0.3, 0.4) is 0 Å². The van der Waals surface area contributed by atoms with Crippen LogP contribution in [-0.2, 0) is 4.79 Å². The van der Waals surface area contributed by atoms with Crippen LogP contribution in [0.2, 0.25) is 0 Å². The van der Waals surface area contributed by atoms with Crippen LogP contribution in [0.5, 0.6) is 0 Å². The van der Waals surface area contributed by atoms with Crippen molar-refractivity contribution in [3.63, 3.8) is 0 Å². The molecule has 2 aliphatic heterocycles. The maximum absolute atomic E-state index is 13.4. The molecule has 2 saturated heterocycles. The standard InChI is InChI=1S/C23H25N3O2.C2HF3O2/c27-23(26-13-9-17(10-14-26)25-11-3-4-12-25)19-16-21(22-8-5-15-28-22)24-20-7-2-1-6-18(19)20;3-2(4,5)1(6)7/h1-2,5-8,15-17H,3-4,9-14H2;(H,6,7). The van der Waals surface area contributed by atoms with Crippen LogP contribution in [0.15, 0.2) is 53.1 Å². The van der Waals surface area contributed by atoms with Crippen molar-refractivity contribution >= 4 is 22.8 Å². The maximum Gasteiger partial charge on any atom is 0.490 e. The summed E-state index contributed by atoms with van der Waals surface area (Å²) in [5, 5.41) is 8.03. The predicted octanol–water partition coefficient (Wildman–Crippen LogP) is 4.83. The zero-order chi connectivity index (χ0) is 25.0. The highest BCUT2D eigenvalue weighted by atomic mass is 19.4. The number of pyridine rings is 1. The van der Waals surface area contributed by atoms with Crippen molar-refractivity contribution in [1.82, 2.24) is 14.8 Å². The normalized spacial score (nSPS) is 17.3. The van der Waals surface area contributed by atoms with Crippen LogP contribution in [0, 0.1) is 0 Å². The molecule has 4 heterocycles. The lowest BCUT2D eigenvalue weighted by Gasteiger charge is -2.36. The van der Waals surface area contributed by atoms with Gasteiger partial charge in [-0.3, -0.25) is 4.79 Å². The highest BCUT2D eigenvalue weighted by Gasteiger charge is 2.38. The Balaban J connectivity index is 0.000000364. The van der Waals surface area contributed by atoms with Gasteiger partial charge in [0.1, 0.15) is 5.69 Å². The molecule has 0 spiro atoms. The molecule has 3 aromatic rings. The van der Waals surface area contributed by atoms with E-state index in [-0.39, 0.29) is 5.91 Å². The number of aromatic nitrogens is 1. The number of hydrogen-bond donors (Lipinski definition) is 1. The Labute approximate surface area is 200 Å². The van der Waals surface area contributed by atoms with E-state index in [4.69, 9.17) is 19.3 Å². The molecule has 10 heteroatoms. The predicted molar refractivity (Wildman–Crippen MR) is 123 cm³/mol. The largest absolute Gasteiger partial charge is 0.490 e. The first-order chi connectivity index (χ1) is 16.7. The molecule has 2 fully saturated rings. The SMILES string of the molecule is O=C(O)C(F)(F)F.O=C(c1cc(-c2ccco2)nc2ccccc12)N1CCC(N2CCCC2)CC1. The highest BCUT2D eigenvalue weighted by molar-refractivity contribution is 6.07. The van der Waals surface area contributed by atoms with Crippen molar-refractivity contribution in [1.29, 1.82) is 0 Å². The van der Waals surface area contributed by atoms with E-state index in [2.05, 4.69) is 4.90 Å². The Morgan fingerprint density at radius 2 is 1.66 bits per heavy atom.